The largest absolute Gasteiger partial charge is 0.497 e. The van der Waals surface area contributed by atoms with E-state index in [0.717, 1.165) is 48.5 Å². The Morgan fingerprint density at radius 3 is 2.53 bits per heavy atom. The van der Waals surface area contributed by atoms with Crippen LogP contribution in [0.1, 0.15) is 29.8 Å². The summed E-state index contributed by atoms with van der Waals surface area (Å²) in [6, 6.07) is 19.6. The van der Waals surface area contributed by atoms with E-state index < -0.39 is 0 Å². The number of aromatic nitrogens is 2. The summed E-state index contributed by atoms with van der Waals surface area (Å²) in [7, 11) is 1.65. The van der Waals surface area contributed by atoms with E-state index in [1.54, 1.807) is 7.11 Å². The molecule has 158 valence electrons. The van der Waals surface area contributed by atoms with Crippen LogP contribution in [0.2, 0.25) is 0 Å². The van der Waals surface area contributed by atoms with Crippen molar-refractivity contribution in [1.82, 2.24) is 14.7 Å². The number of rotatable bonds is 5. The Bertz CT molecular complexity index is 973. The lowest BCUT2D eigenvalue weighted by Crippen LogP contribution is -2.47. The molecule has 0 spiro atoms. The number of nitrogens with two attached hydrogens (primary N) is 1. The van der Waals surface area contributed by atoms with Crippen molar-refractivity contribution in [2.75, 3.05) is 20.2 Å². The molecule has 2 heterocycles. The average molecular weight is 427 g/mol. The molecule has 0 aliphatic carbocycles. The number of likely N-dealkylation sites (tertiary alicyclic amines) is 1. The van der Waals surface area contributed by atoms with E-state index in [1.165, 1.54) is 0 Å². The molecule has 0 radical (unpaired) electrons. The van der Waals surface area contributed by atoms with Crippen LogP contribution in [0.3, 0.4) is 0 Å². The number of nitrogens with zero attached hydrogens (tertiary/aromatic N) is 3. The Morgan fingerprint density at radius 1 is 1.13 bits per heavy atom. The average Bonchev–Trinajstić information content (AvgIpc) is 3.24. The minimum Gasteiger partial charge on any atom is -0.497 e. The molecule has 2 aromatic carbocycles. The van der Waals surface area contributed by atoms with Gasteiger partial charge in [-0.2, -0.15) is 5.10 Å². The molecule has 30 heavy (non-hydrogen) atoms. The topological polar surface area (TPSA) is 73.4 Å². The molecule has 2 N–H and O–H groups in total. The molecule has 1 fully saturated rings. The Hall–Kier alpha value is -2.83. The lowest BCUT2D eigenvalue weighted by atomic mass is 10.0. The molecule has 0 saturated carbocycles. The van der Waals surface area contributed by atoms with Crippen LogP contribution in [0, 0.1) is 0 Å². The summed E-state index contributed by atoms with van der Waals surface area (Å²) < 4.78 is 7.10. The van der Waals surface area contributed by atoms with Gasteiger partial charge >= 0.3 is 0 Å². The molecule has 1 aromatic heterocycles. The van der Waals surface area contributed by atoms with Crippen LogP contribution in [0.25, 0.3) is 16.9 Å². The summed E-state index contributed by atoms with van der Waals surface area (Å²) in [6.07, 6.45) is 3.07. The molecule has 4 rings (SSSR count). The summed E-state index contributed by atoms with van der Waals surface area (Å²) >= 11 is 0. The molecule has 1 amide bonds. The quantitative estimate of drug-likeness (QED) is 0.671. The Labute approximate surface area is 183 Å². The van der Waals surface area contributed by atoms with Crippen molar-refractivity contribution in [3.05, 3.63) is 66.4 Å². The first kappa shape index (κ1) is 21.9. The molecule has 1 unspecified atom stereocenters. The van der Waals surface area contributed by atoms with E-state index in [2.05, 4.69) is 0 Å². The van der Waals surface area contributed by atoms with Crippen molar-refractivity contribution in [3.63, 3.8) is 0 Å². The first-order chi connectivity index (χ1) is 14.2. The SMILES string of the molecule is COc1ccc(-c2cc(C(=O)N3CCCCC3CN)nn2-c2ccccc2)cc1.Cl. The van der Waals surface area contributed by atoms with Gasteiger partial charge in [-0.25, -0.2) is 4.68 Å². The third-order valence-electron chi connectivity index (χ3n) is 5.48. The second-order valence-corrected chi connectivity index (χ2v) is 7.27. The van der Waals surface area contributed by atoms with Gasteiger partial charge in [0, 0.05) is 24.7 Å². The fraction of sp³-hybridized carbons (Fsp3) is 0.304. The highest BCUT2D eigenvalue weighted by atomic mass is 35.5. The molecule has 7 heteroatoms. The molecule has 0 bridgehead atoms. The summed E-state index contributed by atoms with van der Waals surface area (Å²) in [5.74, 6) is 0.736. The van der Waals surface area contributed by atoms with Crippen molar-refractivity contribution in [2.24, 2.45) is 5.73 Å². The van der Waals surface area contributed by atoms with Crippen LogP contribution in [0.15, 0.2) is 60.7 Å². The van der Waals surface area contributed by atoms with Crippen molar-refractivity contribution in [2.45, 2.75) is 25.3 Å². The fourth-order valence-corrected chi connectivity index (χ4v) is 3.88. The van der Waals surface area contributed by atoms with Gasteiger partial charge in [0.2, 0.25) is 0 Å². The van der Waals surface area contributed by atoms with E-state index in [0.29, 0.717) is 12.2 Å². The fourth-order valence-electron chi connectivity index (χ4n) is 3.88. The zero-order valence-electron chi connectivity index (χ0n) is 17.0. The van der Waals surface area contributed by atoms with Crippen LogP contribution in [-0.4, -0.2) is 46.8 Å². The lowest BCUT2D eigenvalue weighted by molar-refractivity contribution is 0.0617. The second kappa shape index (κ2) is 9.78. The number of piperidine rings is 1. The number of ether oxygens (including phenoxy) is 1. The maximum atomic E-state index is 13.3. The van der Waals surface area contributed by atoms with Gasteiger partial charge < -0.3 is 15.4 Å². The predicted octanol–water partition coefficient (Wildman–Crippen LogP) is 3.92. The second-order valence-electron chi connectivity index (χ2n) is 7.27. The molecule has 1 aliphatic rings. The van der Waals surface area contributed by atoms with Crippen molar-refractivity contribution in [3.8, 4) is 22.7 Å². The monoisotopic (exact) mass is 426 g/mol. The summed E-state index contributed by atoms with van der Waals surface area (Å²) in [5.41, 5.74) is 9.11. The lowest BCUT2D eigenvalue weighted by Gasteiger charge is -2.34. The molecule has 6 nitrogen and oxygen atoms in total. The van der Waals surface area contributed by atoms with Gasteiger partial charge in [0.05, 0.1) is 18.5 Å². The van der Waals surface area contributed by atoms with E-state index in [4.69, 9.17) is 15.6 Å². The number of methoxy groups -OCH3 is 1. The number of halogens is 1. The highest BCUT2D eigenvalue weighted by Crippen LogP contribution is 2.27. The first-order valence-corrected chi connectivity index (χ1v) is 10.0. The maximum absolute atomic E-state index is 13.3. The van der Waals surface area contributed by atoms with Gasteiger partial charge in [-0.15, -0.1) is 12.4 Å². The zero-order chi connectivity index (χ0) is 20.2. The van der Waals surface area contributed by atoms with Gasteiger partial charge in [-0.05, 0) is 61.7 Å². The predicted molar refractivity (Wildman–Crippen MR) is 121 cm³/mol. The van der Waals surface area contributed by atoms with Crippen LogP contribution in [0.5, 0.6) is 5.75 Å². The number of hydrogen-bond donors (Lipinski definition) is 1. The summed E-state index contributed by atoms with van der Waals surface area (Å²) in [6.45, 7) is 1.22. The van der Waals surface area contributed by atoms with Crippen LogP contribution < -0.4 is 10.5 Å². The number of benzene rings is 2. The molecular formula is C23H27ClN4O2. The van der Waals surface area contributed by atoms with Gasteiger partial charge in [0.1, 0.15) is 5.75 Å². The van der Waals surface area contributed by atoms with Crippen molar-refractivity contribution < 1.29 is 9.53 Å². The van der Waals surface area contributed by atoms with Crippen LogP contribution >= 0.6 is 12.4 Å². The number of para-hydroxylation sites is 1. The number of carbonyl (C=O) groups is 1. The Balaban J connectivity index is 0.00000256. The van der Waals surface area contributed by atoms with Crippen molar-refractivity contribution in [1.29, 1.82) is 0 Å². The van der Waals surface area contributed by atoms with Gasteiger partial charge in [-0.1, -0.05) is 18.2 Å². The van der Waals surface area contributed by atoms with E-state index in [-0.39, 0.29) is 24.4 Å². The summed E-state index contributed by atoms with van der Waals surface area (Å²) in [4.78, 5) is 15.2. The Kier molecular flexibility index (Phi) is 7.13. The highest BCUT2D eigenvalue weighted by molar-refractivity contribution is 5.94. The third-order valence-corrected chi connectivity index (χ3v) is 5.48. The molecular weight excluding hydrogens is 400 g/mol. The maximum Gasteiger partial charge on any atom is 0.274 e. The van der Waals surface area contributed by atoms with Crippen LogP contribution in [0.4, 0.5) is 0 Å². The number of carbonyl (C=O) groups excluding carboxylic acids is 1. The number of hydrogen-bond acceptors (Lipinski definition) is 4. The van der Waals surface area contributed by atoms with Gasteiger partial charge in [0.25, 0.3) is 5.91 Å². The van der Waals surface area contributed by atoms with E-state index in [9.17, 15) is 4.79 Å². The van der Waals surface area contributed by atoms with Crippen LogP contribution in [-0.2, 0) is 0 Å². The third kappa shape index (κ3) is 4.35. The molecule has 3 aromatic rings. The van der Waals surface area contributed by atoms with E-state index in [1.807, 2.05) is 70.2 Å². The molecule has 1 atom stereocenters. The first-order valence-electron chi connectivity index (χ1n) is 10.0. The zero-order valence-corrected chi connectivity index (χ0v) is 17.8. The minimum atomic E-state index is -0.0513. The number of amides is 1. The van der Waals surface area contributed by atoms with E-state index >= 15 is 0 Å². The highest BCUT2D eigenvalue weighted by Gasteiger charge is 2.29. The normalized spacial score (nSPS) is 16.1. The Morgan fingerprint density at radius 2 is 1.87 bits per heavy atom. The minimum absolute atomic E-state index is 0. The van der Waals surface area contributed by atoms with Gasteiger partial charge in [0.15, 0.2) is 5.69 Å². The summed E-state index contributed by atoms with van der Waals surface area (Å²) in [5, 5.41) is 4.70. The smallest absolute Gasteiger partial charge is 0.274 e. The van der Waals surface area contributed by atoms with Crippen molar-refractivity contribution >= 4 is 18.3 Å². The standard InChI is InChI=1S/C23H26N4O2.ClH/c1-29-20-12-10-17(11-13-20)22-15-21(25-27(22)18-7-3-2-4-8-18)23(28)26-14-6-5-9-19(26)16-24;/h2-4,7-8,10-13,15,19H,5-6,9,14,16,24H2,1H3;1H. The molecule has 1 saturated heterocycles. The molecule has 1 aliphatic heterocycles. The van der Waals surface area contributed by atoms with Gasteiger partial charge in [-0.3, -0.25) is 4.79 Å².